The topological polar surface area (TPSA) is 110 Å². The van der Waals surface area contributed by atoms with Crippen LogP contribution in [-0.2, 0) is 6.54 Å². The number of hydrogen-bond donors (Lipinski definition) is 0. The van der Waals surface area contributed by atoms with Gasteiger partial charge in [-0.05, 0) is 24.1 Å². The first-order chi connectivity index (χ1) is 16.7. The fourth-order valence-corrected chi connectivity index (χ4v) is 3.97. The Hall–Kier alpha value is -3.69. The van der Waals surface area contributed by atoms with Crippen molar-refractivity contribution in [1.82, 2.24) is 4.90 Å². The van der Waals surface area contributed by atoms with E-state index in [2.05, 4.69) is 0 Å². The fraction of sp³-hybridized carbons (Fsp3) is 0.208. The van der Waals surface area contributed by atoms with Gasteiger partial charge >= 0.3 is 6.03 Å². The summed E-state index contributed by atoms with van der Waals surface area (Å²) < 4.78 is 0. The molecule has 3 aromatic rings. The number of halogens is 2. The van der Waals surface area contributed by atoms with Crippen LogP contribution in [0.25, 0.3) is 0 Å². The number of carbonyl (C=O) groups is 1. The number of carbonyl (C=O) groups excluding carboxylic acids is 1. The van der Waals surface area contributed by atoms with Crippen LogP contribution in [0.2, 0.25) is 10.0 Å². The molecule has 35 heavy (non-hydrogen) atoms. The van der Waals surface area contributed by atoms with Crippen LogP contribution in [0.15, 0.2) is 66.7 Å². The van der Waals surface area contributed by atoms with E-state index < -0.39 is 15.9 Å². The highest BCUT2D eigenvalue weighted by Crippen LogP contribution is 2.40. The molecule has 0 unspecified atom stereocenters. The third kappa shape index (κ3) is 6.26. The Balaban J connectivity index is 2.13. The molecule has 9 nitrogen and oxygen atoms in total. The SMILES string of the molecule is CCCCN(Cc1ccccc1)C(=O)N(c1ccc([N+](=O)[O-])cc1Cl)c1ccc([N+](=O)[O-])cc1Cl. The van der Waals surface area contributed by atoms with E-state index in [1.54, 1.807) is 4.90 Å². The molecule has 0 aliphatic rings. The number of amides is 2. The van der Waals surface area contributed by atoms with Gasteiger partial charge in [0, 0.05) is 37.4 Å². The molecule has 2 amide bonds. The van der Waals surface area contributed by atoms with Crippen molar-refractivity contribution in [2.45, 2.75) is 26.3 Å². The van der Waals surface area contributed by atoms with Crippen molar-refractivity contribution in [3.63, 3.8) is 0 Å². The van der Waals surface area contributed by atoms with Crippen LogP contribution in [0.1, 0.15) is 25.3 Å². The number of urea groups is 1. The van der Waals surface area contributed by atoms with E-state index in [0.717, 1.165) is 30.5 Å². The van der Waals surface area contributed by atoms with Gasteiger partial charge in [0.2, 0.25) is 0 Å². The van der Waals surface area contributed by atoms with E-state index >= 15 is 0 Å². The Morgan fingerprint density at radius 2 is 1.37 bits per heavy atom. The van der Waals surface area contributed by atoms with Crippen LogP contribution < -0.4 is 4.90 Å². The molecule has 0 aliphatic carbocycles. The Morgan fingerprint density at radius 1 is 0.857 bits per heavy atom. The van der Waals surface area contributed by atoms with Gasteiger partial charge in [0.15, 0.2) is 0 Å². The fourth-order valence-electron chi connectivity index (χ4n) is 3.45. The lowest BCUT2D eigenvalue weighted by molar-refractivity contribution is -0.385. The maximum absolute atomic E-state index is 14.0. The van der Waals surface area contributed by atoms with Crippen LogP contribution in [0.5, 0.6) is 0 Å². The average Bonchev–Trinajstić information content (AvgIpc) is 2.84. The minimum Gasteiger partial charge on any atom is -0.320 e. The second-order valence-corrected chi connectivity index (χ2v) is 8.48. The zero-order valence-electron chi connectivity index (χ0n) is 18.8. The average molecular weight is 517 g/mol. The molecule has 11 heteroatoms. The van der Waals surface area contributed by atoms with E-state index in [-0.39, 0.29) is 32.8 Å². The molecule has 0 fully saturated rings. The van der Waals surface area contributed by atoms with E-state index in [1.165, 1.54) is 29.2 Å². The van der Waals surface area contributed by atoms with Crippen molar-refractivity contribution in [3.05, 3.63) is 103 Å². The van der Waals surface area contributed by atoms with Gasteiger partial charge in [-0.1, -0.05) is 66.9 Å². The number of benzene rings is 3. The van der Waals surface area contributed by atoms with Crippen molar-refractivity contribution in [1.29, 1.82) is 0 Å². The highest BCUT2D eigenvalue weighted by Gasteiger charge is 2.29. The Kier molecular flexibility index (Phi) is 8.62. The van der Waals surface area contributed by atoms with Crippen molar-refractivity contribution in [2.75, 3.05) is 11.4 Å². The predicted molar refractivity (Wildman–Crippen MR) is 136 cm³/mol. The number of unbranched alkanes of at least 4 members (excludes halogenated alkanes) is 1. The molecule has 0 atom stereocenters. The van der Waals surface area contributed by atoms with Crippen molar-refractivity contribution in [2.24, 2.45) is 0 Å². The van der Waals surface area contributed by atoms with E-state index in [9.17, 15) is 25.0 Å². The standard InChI is InChI=1S/C24H22Cl2N4O5/c1-2-3-13-27(16-17-7-5-4-6-8-17)24(31)28(22-11-9-18(29(32)33)14-20(22)25)23-12-10-19(30(34)35)15-21(23)26/h4-12,14-15H,2-3,13,16H2,1H3. The lowest BCUT2D eigenvalue weighted by Crippen LogP contribution is -2.41. The first-order valence-electron chi connectivity index (χ1n) is 10.7. The monoisotopic (exact) mass is 516 g/mol. The number of nitro benzene ring substituents is 2. The van der Waals surface area contributed by atoms with Crippen molar-refractivity contribution in [3.8, 4) is 0 Å². The molecule has 0 saturated heterocycles. The molecule has 3 aromatic carbocycles. The summed E-state index contributed by atoms with van der Waals surface area (Å²) in [5.74, 6) is 0. The zero-order valence-corrected chi connectivity index (χ0v) is 20.3. The van der Waals surface area contributed by atoms with Crippen molar-refractivity contribution < 1.29 is 14.6 Å². The largest absolute Gasteiger partial charge is 0.329 e. The minimum atomic E-state index is -0.594. The van der Waals surface area contributed by atoms with Gasteiger partial charge in [-0.3, -0.25) is 25.1 Å². The van der Waals surface area contributed by atoms with Gasteiger partial charge in [-0.25, -0.2) is 4.79 Å². The highest BCUT2D eigenvalue weighted by molar-refractivity contribution is 6.36. The van der Waals surface area contributed by atoms with Gasteiger partial charge in [0.1, 0.15) is 0 Å². The predicted octanol–water partition coefficient (Wildman–Crippen LogP) is 7.37. The summed E-state index contributed by atoms with van der Waals surface area (Å²) in [7, 11) is 0. The summed E-state index contributed by atoms with van der Waals surface area (Å²) in [5, 5.41) is 22.3. The summed E-state index contributed by atoms with van der Waals surface area (Å²) in [6.07, 6.45) is 1.57. The smallest absolute Gasteiger partial charge is 0.320 e. The lowest BCUT2D eigenvalue weighted by Gasteiger charge is -2.32. The molecule has 0 bridgehead atoms. The Bertz CT molecular complexity index is 1180. The molecule has 0 heterocycles. The maximum Gasteiger partial charge on any atom is 0.329 e. The normalized spacial score (nSPS) is 10.6. The number of anilines is 2. The first-order valence-corrected chi connectivity index (χ1v) is 11.5. The van der Waals surface area contributed by atoms with Gasteiger partial charge in [0.05, 0.1) is 31.3 Å². The van der Waals surface area contributed by atoms with Gasteiger partial charge in [-0.2, -0.15) is 0 Å². The van der Waals surface area contributed by atoms with Crippen LogP contribution in [0.3, 0.4) is 0 Å². The third-order valence-corrected chi connectivity index (χ3v) is 5.83. The van der Waals surface area contributed by atoms with Gasteiger partial charge in [0.25, 0.3) is 11.4 Å². The Labute approximate surface area is 211 Å². The lowest BCUT2D eigenvalue weighted by atomic mass is 10.2. The molecule has 0 aliphatic heterocycles. The van der Waals surface area contributed by atoms with Crippen LogP contribution >= 0.6 is 23.2 Å². The zero-order chi connectivity index (χ0) is 25.5. The second-order valence-electron chi connectivity index (χ2n) is 7.66. The molecule has 0 aromatic heterocycles. The molecule has 0 radical (unpaired) electrons. The van der Waals surface area contributed by atoms with Crippen molar-refractivity contribution >= 4 is 52.0 Å². The number of nitrogens with zero attached hydrogens (tertiary/aromatic N) is 4. The van der Waals surface area contributed by atoms with E-state index in [1.807, 2.05) is 37.3 Å². The van der Waals surface area contributed by atoms with E-state index in [0.29, 0.717) is 13.1 Å². The van der Waals surface area contributed by atoms with Crippen LogP contribution in [0, 0.1) is 20.2 Å². The summed E-state index contributed by atoms with van der Waals surface area (Å²) >= 11 is 12.8. The maximum atomic E-state index is 14.0. The molecule has 3 rings (SSSR count). The summed E-state index contributed by atoms with van der Waals surface area (Å²) in [6.45, 7) is 2.73. The summed E-state index contributed by atoms with van der Waals surface area (Å²) in [5.41, 5.74) is 0.739. The third-order valence-electron chi connectivity index (χ3n) is 5.23. The summed E-state index contributed by atoms with van der Waals surface area (Å²) in [4.78, 5) is 38.0. The quantitative estimate of drug-likeness (QED) is 0.217. The number of hydrogen-bond acceptors (Lipinski definition) is 5. The van der Waals surface area contributed by atoms with Gasteiger partial charge in [-0.15, -0.1) is 0 Å². The van der Waals surface area contributed by atoms with E-state index in [4.69, 9.17) is 23.2 Å². The number of rotatable bonds is 9. The summed E-state index contributed by atoms with van der Waals surface area (Å²) in [6, 6.07) is 16.4. The molecule has 182 valence electrons. The molecule has 0 N–H and O–H groups in total. The molecule has 0 spiro atoms. The number of non-ortho nitro benzene ring substituents is 2. The second kappa shape index (κ2) is 11.6. The Morgan fingerprint density at radius 3 is 1.80 bits per heavy atom. The number of nitro groups is 2. The van der Waals surface area contributed by atoms with Crippen LogP contribution in [0.4, 0.5) is 27.5 Å². The first kappa shape index (κ1) is 25.9. The van der Waals surface area contributed by atoms with Crippen LogP contribution in [-0.4, -0.2) is 27.3 Å². The molecular formula is C24H22Cl2N4O5. The molecular weight excluding hydrogens is 495 g/mol. The molecule has 0 saturated carbocycles. The van der Waals surface area contributed by atoms with Gasteiger partial charge < -0.3 is 4.90 Å². The highest BCUT2D eigenvalue weighted by atomic mass is 35.5. The minimum absolute atomic E-state index is 0.0443.